The Balaban J connectivity index is 0.00000208. The summed E-state index contributed by atoms with van der Waals surface area (Å²) >= 11 is 0. The lowest BCUT2D eigenvalue weighted by Crippen LogP contribution is -2.28. The predicted octanol–water partition coefficient (Wildman–Crippen LogP) is 3.30. The molecule has 0 spiro atoms. The average Bonchev–Trinajstić information content (AvgIpc) is 3.06. The topological polar surface area (TPSA) is 57.9 Å². The van der Waals surface area contributed by atoms with E-state index in [-0.39, 0.29) is 18.4 Å². The van der Waals surface area contributed by atoms with Gasteiger partial charge in [-0.3, -0.25) is 10.00 Å². The van der Waals surface area contributed by atoms with Crippen LogP contribution in [0.5, 0.6) is 0 Å². The van der Waals surface area contributed by atoms with Gasteiger partial charge in [0.1, 0.15) is 0 Å². The van der Waals surface area contributed by atoms with Crippen LogP contribution >= 0.6 is 12.4 Å². The van der Waals surface area contributed by atoms with Crippen LogP contribution < -0.4 is 5.73 Å². The van der Waals surface area contributed by atoms with E-state index < -0.39 is 11.7 Å². The third-order valence-corrected chi connectivity index (χ3v) is 4.36. The summed E-state index contributed by atoms with van der Waals surface area (Å²) in [5, 5.41) is 6.93. The zero-order chi connectivity index (χ0) is 16.6. The first-order chi connectivity index (χ1) is 10.8. The molecule has 24 heavy (non-hydrogen) atoms. The maximum Gasteiger partial charge on any atom is 0.416 e. The Kier molecular flexibility index (Phi) is 5.57. The first kappa shape index (κ1) is 18.8. The minimum Gasteiger partial charge on any atom is -0.326 e. The van der Waals surface area contributed by atoms with E-state index >= 15 is 0 Å². The fourth-order valence-corrected chi connectivity index (χ4v) is 2.97. The van der Waals surface area contributed by atoms with Crippen molar-refractivity contribution < 1.29 is 13.2 Å². The molecule has 1 aliphatic heterocycles. The number of hydrogen-bond donors (Lipinski definition) is 2. The van der Waals surface area contributed by atoms with Gasteiger partial charge < -0.3 is 5.73 Å². The van der Waals surface area contributed by atoms with Crippen molar-refractivity contribution in [2.45, 2.75) is 25.7 Å². The Morgan fingerprint density at radius 2 is 1.92 bits per heavy atom. The number of hydrogen-bond acceptors (Lipinski definition) is 3. The van der Waals surface area contributed by atoms with Gasteiger partial charge in [0.25, 0.3) is 0 Å². The van der Waals surface area contributed by atoms with E-state index in [1.807, 2.05) is 0 Å². The first-order valence-corrected chi connectivity index (χ1v) is 7.52. The molecule has 0 bridgehead atoms. The Morgan fingerprint density at radius 3 is 2.46 bits per heavy atom. The largest absolute Gasteiger partial charge is 0.416 e. The summed E-state index contributed by atoms with van der Waals surface area (Å²) in [7, 11) is 0. The molecule has 132 valence electrons. The molecule has 1 fully saturated rings. The van der Waals surface area contributed by atoms with Crippen molar-refractivity contribution >= 4 is 12.4 Å². The second kappa shape index (κ2) is 7.13. The van der Waals surface area contributed by atoms with Crippen molar-refractivity contribution in [3.63, 3.8) is 0 Å². The first-order valence-electron chi connectivity index (χ1n) is 7.52. The number of rotatable bonds is 3. The Labute approximate surface area is 144 Å². The molecular formula is C16H20ClF3N4. The summed E-state index contributed by atoms with van der Waals surface area (Å²) in [5.74, 6) is 0.441. The van der Waals surface area contributed by atoms with Gasteiger partial charge in [0, 0.05) is 31.2 Å². The van der Waals surface area contributed by atoms with Crippen LogP contribution in [-0.2, 0) is 12.7 Å². The third kappa shape index (κ3) is 3.91. The molecule has 0 aliphatic carbocycles. The van der Waals surface area contributed by atoms with Crippen LogP contribution in [-0.4, -0.2) is 34.2 Å². The molecule has 2 atom stereocenters. The summed E-state index contributed by atoms with van der Waals surface area (Å²) < 4.78 is 37.9. The Hall–Kier alpha value is -1.57. The quantitative estimate of drug-likeness (QED) is 0.883. The van der Waals surface area contributed by atoms with E-state index in [2.05, 4.69) is 22.0 Å². The highest BCUT2D eigenvalue weighted by atomic mass is 35.5. The number of alkyl halides is 3. The van der Waals surface area contributed by atoms with E-state index in [9.17, 15) is 13.2 Å². The molecule has 4 nitrogen and oxygen atoms in total. The predicted molar refractivity (Wildman–Crippen MR) is 88.7 cm³/mol. The van der Waals surface area contributed by atoms with Crippen LogP contribution in [0.15, 0.2) is 30.5 Å². The van der Waals surface area contributed by atoms with E-state index in [0.717, 1.165) is 36.5 Å². The fraction of sp³-hybridized carbons (Fsp3) is 0.438. The second-order valence-electron chi connectivity index (χ2n) is 6.18. The highest BCUT2D eigenvalue weighted by molar-refractivity contribution is 5.85. The molecule has 1 saturated heterocycles. The summed E-state index contributed by atoms with van der Waals surface area (Å²) in [6.45, 7) is 4.54. The molecule has 8 heteroatoms. The normalized spacial score (nSPS) is 21.7. The lowest BCUT2D eigenvalue weighted by atomic mass is 10.1. The molecule has 2 aromatic rings. The van der Waals surface area contributed by atoms with Gasteiger partial charge in [-0.1, -0.05) is 19.1 Å². The maximum atomic E-state index is 12.6. The summed E-state index contributed by atoms with van der Waals surface area (Å²) in [4.78, 5) is 2.24. The minimum atomic E-state index is -4.32. The number of H-pyrrole nitrogens is 1. The van der Waals surface area contributed by atoms with E-state index in [1.54, 1.807) is 6.20 Å². The zero-order valence-corrected chi connectivity index (χ0v) is 14.0. The monoisotopic (exact) mass is 360 g/mol. The highest BCUT2D eigenvalue weighted by Gasteiger charge is 2.30. The van der Waals surface area contributed by atoms with Crippen molar-refractivity contribution in [1.29, 1.82) is 0 Å². The molecule has 1 aliphatic rings. The number of nitrogens with zero attached hydrogens (tertiary/aromatic N) is 2. The fourth-order valence-electron chi connectivity index (χ4n) is 2.97. The van der Waals surface area contributed by atoms with Gasteiger partial charge in [-0.25, -0.2) is 0 Å². The molecule has 0 saturated carbocycles. The van der Waals surface area contributed by atoms with Crippen molar-refractivity contribution in [1.82, 2.24) is 15.1 Å². The van der Waals surface area contributed by atoms with Gasteiger partial charge in [-0.15, -0.1) is 12.4 Å². The van der Waals surface area contributed by atoms with Crippen LogP contribution in [0.4, 0.5) is 13.2 Å². The number of halogens is 4. The molecular weight excluding hydrogens is 341 g/mol. The van der Waals surface area contributed by atoms with Crippen molar-refractivity contribution in [3.8, 4) is 11.3 Å². The minimum absolute atomic E-state index is 0. The number of nitrogens with one attached hydrogen (secondary N) is 1. The third-order valence-electron chi connectivity index (χ3n) is 4.36. The number of aromatic nitrogens is 2. The van der Waals surface area contributed by atoms with Crippen LogP contribution in [0.3, 0.4) is 0 Å². The molecule has 0 radical (unpaired) electrons. The number of nitrogens with two attached hydrogens (primary N) is 1. The van der Waals surface area contributed by atoms with Crippen LogP contribution in [0.2, 0.25) is 0 Å². The molecule has 3 rings (SSSR count). The van der Waals surface area contributed by atoms with Crippen molar-refractivity contribution in [2.24, 2.45) is 11.7 Å². The maximum absolute atomic E-state index is 12.6. The SMILES string of the molecule is CC1CN(Cc2cn[nH]c2-c2ccc(C(F)(F)F)cc2)CC1N.Cl. The smallest absolute Gasteiger partial charge is 0.326 e. The second-order valence-corrected chi connectivity index (χ2v) is 6.18. The summed E-state index contributed by atoms with van der Waals surface area (Å²) in [5.41, 5.74) is 7.80. The Morgan fingerprint density at radius 1 is 1.25 bits per heavy atom. The van der Waals surface area contributed by atoms with Crippen molar-refractivity contribution in [3.05, 3.63) is 41.6 Å². The van der Waals surface area contributed by atoms with Crippen molar-refractivity contribution in [2.75, 3.05) is 13.1 Å². The van der Waals surface area contributed by atoms with Crippen LogP contribution in [0.25, 0.3) is 11.3 Å². The van der Waals surface area contributed by atoms with Gasteiger partial charge in [0.15, 0.2) is 0 Å². The molecule has 3 N–H and O–H groups in total. The molecule has 1 aromatic carbocycles. The van der Waals surface area contributed by atoms with E-state index in [1.165, 1.54) is 12.1 Å². The number of aromatic amines is 1. The number of benzene rings is 1. The van der Waals surface area contributed by atoms with Crippen LogP contribution in [0, 0.1) is 5.92 Å². The summed E-state index contributed by atoms with van der Waals surface area (Å²) in [6.07, 6.45) is -2.60. The van der Waals surface area contributed by atoms with Gasteiger partial charge in [-0.2, -0.15) is 18.3 Å². The van der Waals surface area contributed by atoms with E-state index in [4.69, 9.17) is 5.73 Å². The van der Waals surface area contributed by atoms with Crippen LogP contribution in [0.1, 0.15) is 18.1 Å². The standard InChI is InChI=1S/C16H19F3N4.ClH/c1-10-7-23(9-14(10)20)8-12-6-21-22-15(12)11-2-4-13(5-3-11)16(17,18)19;/h2-6,10,14H,7-9,20H2,1H3,(H,21,22);1H. The average molecular weight is 361 g/mol. The molecule has 2 heterocycles. The molecule has 2 unspecified atom stereocenters. The lowest BCUT2D eigenvalue weighted by molar-refractivity contribution is -0.137. The van der Waals surface area contributed by atoms with Gasteiger partial charge >= 0.3 is 6.18 Å². The summed E-state index contributed by atoms with van der Waals surface area (Å²) in [6, 6.07) is 5.29. The van der Waals surface area contributed by atoms with Gasteiger partial charge in [0.2, 0.25) is 0 Å². The zero-order valence-electron chi connectivity index (χ0n) is 13.2. The van der Waals surface area contributed by atoms with Gasteiger partial charge in [-0.05, 0) is 23.6 Å². The lowest BCUT2D eigenvalue weighted by Gasteiger charge is -2.15. The number of likely N-dealkylation sites (tertiary alicyclic amines) is 1. The van der Waals surface area contributed by atoms with Gasteiger partial charge in [0.05, 0.1) is 17.5 Å². The van der Waals surface area contributed by atoms with E-state index in [0.29, 0.717) is 18.0 Å². The Bertz CT molecular complexity index is 659. The molecule has 0 amide bonds. The molecule has 1 aromatic heterocycles. The highest BCUT2D eigenvalue weighted by Crippen LogP contribution is 2.31.